The summed E-state index contributed by atoms with van der Waals surface area (Å²) < 4.78 is 5.14. The summed E-state index contributed by atoms with van der Waals surface area (Å²) >= 11 is 0. The summed E-state index contributed by atoms with van der Waals surface area (Å²) in [5, 5.41) is 23.5. The fourth-order valence-electron chi connectivity index (χ4n) is 2.68. The van der Waals surface area contributed by atoms with E-state index in [1.54, 1.807) is 20.8 Å². The van der Waals surface area contributed by atoms with E-state index in [9.17, 15) is 15.0 Å². The van der Waals surface area contributed by atoms with Crippen molar-refractivity contribution < 1.29 is 19.7 Å². The Morgan fingerprint density at radius 2 is 1.62 bits per heavy atom. The Labute approximate surface area is 145 Å². The summed E-state index contributed by atoms with van der Waals surface area (Å²) in [5.41, 5.74) is 4.37. The molecule has 0 saturated heterocycles. The highest BCUT2D eigenvalue weighted by atomic mass is 16.6. The van der Waals surface area contributed by atoms with Gasteiger partial charge in [0.1, 0.15) is 11.7 Å². The van der Waals surface area contributed by atoms with Gasteiger partial charge in [0.15, 0.2) is 0 Å². The van der Waals surface area contributed by atoms with E-state index in [1.165, 1.54) is 0 Å². The van der Waals surface area contributed by atoms with Crippen LogP contribution in [-0.4, -0.2) is 34.6 Å². The molecule has 5 heteroatoms. The van der Waals surface area contributed by atoms with E-state index in [0.717, 1.165) is 27.8 Å². The number of aliphatic hydroxyl groups is 2. The van der Waals surface area contributed by atoms with Gasteiger partial charge in [-0.2, -0.15) is 0 Å². The van der Waals surface area contributed by atoms with Crippen LogP contribution in [0.2, 0.25) is 0 Å². The zero-order chi connectivity index (χ0) is 18.7. The zero-order valence-corrected chi connectivity index (χ0v) is 15.9. The van der Waals surface area contributed by atoms with E-state index < -0.39 is 23.9 Å². The van der Waals surface area contributed by atoms with Crippen molar-refractivity contribution in [1.29, 1.82) is 0 Å². The summed E-state index contributed by atoms with van der Waals surface area (Å²) in [7, 11) is 0. The molecule has 3 N–H and O–H groups in total. The van der Waals surface area contributed by atoms with Gasteiger partial charge in [0.05, 0.1) is 6.10 Å². The number of amides is 1. The molecule has 0 aliphatic rings. The first-order valence-corrected chi connectivity index (χ1v) is 8.34. The fraction of sp³-hybridized carbons (Fsp3) is 0.632. The number of carbonyl (C=O) groups excluding carboxylic acids is 1. The number of hydrogen-bond donors (Lipinski definition) is 3. The lowest BCUT2D eigenvalue weighted by molar-refractivity contribution is 0.0115. The molecule has 136 valence electrons. The predicted octanol–water partition coefficient (Wildman–Crippen LogP) is 3.23. The average Bonchev–Trinajstić information content (AvgIpc) is 2.43. The fourth-order valence-corrected chi connectivity index (χ4v) is 2.68. The SMILES string of the molecule is Cc1cc(C)c(C)c(C(O)C(O)CCNC(=O)OC(C)(C)C)c1C. The smallest absolute Gasteiger partial charge is 0.407 e. The van der Waals surface area contributed by atoms with Gasteiger partial charge >= 0.3 is 6.09 Å². The average molecular weight is 337 g/mol. The number of aliphatic hydroxyl groups excluding tert-OH is 2. The third kappa shape index (κ3) is 5.49. The first-order chi connectivity index (χ1) is 10.9. The van der Waals surface area contributed by atoms with Crippen LogP contribution in [0.4, 0.5) is 4.79 Å². The molecule has 0 aliphatic heterocycles. The second-order valence-electron chi connectivity index (χ2n) is 7.40. The van der Waals surface area contributed by atoms with Gasteiger partial charge in [0, 0.05) is 6.54 Å². The molecule has 1 aromatic rings. The summed E-state index contributed by atoms with van der Waals surface area (Å²) in [6.07, 6.45) is -2.22. The highest BCUT2D eigenvalue weighted by Crippen LogP contribution is 2.30. The Kier molecular flexibility index (Phi) is 6.81. The number of ether oxygens (including phenoxy) is 1. The van der Waals surface area contributed by atoms with E-state index in [-0.39, 0.29) is 13.0 Å². The molecule has 1 amide bonds. The molecule has 1 rings (SSSR count). The molecule has 0 aliphatic carbocycles. The zero-order valence-electron chi connectivity index (χ0n) is 15.9. The van der Waals surface area contributed by atoms with Crippen LogP contribution >= 0.6 is 0 Å². The van der Waals surface area contributed by atoms with E-state index in [2.05, 4.69) is 11.4 Å². The van der Waals surface area contributed by atoms with Crippen LogP contribution in [-0.2, 0) is 4.74 Å². The van der Waals surface area contributed by atoms with Gasteiger partial charge in [-0.05, 0) is 82.7 Å². The Hall–Kier alpha value is -1.59. The van der Waals surface area contributed by atoms with Gasteiger partial charge in [-0.1, -0.05) is 6.07 Å². The Balaban J connectivity index is 2.70. The van der Waals surface area contributed by atoms with Crippen molar-refractivity contribution in [2.45, 2.75) is 72.7 Å². The Morgan fingerprint density at radius 1 is 1.12 bits per heavy atom. The molecule has 0 radical (unpaired) electrons. The minimum Gasteiger partial charge on any atom is -0.444 e. The lowest BCUT2D eigenvalue weighted by Crippen LogP contribution is -2.34. The van der Waals surface area contributed by atoms with E-state index in [1.807, 2.05) is 27.7 Å². The monoisotopic (exact) mass is 337 g/mol. The van der Waals surface area contributed by atoms with Crippen LogP contribution in [0.25, 0.3) is 0 Å². The van der Waals surface area contributed by atoms with E-state index in [0.29, 0.717) is 0 Å². The van der Waals surface area contributed by atoms with Gasteiger partial charge in [-0.3, -0.25) is 0 Å². The maximum atomic E-state index is 11.6. The summed E-state index contributed by atoms with van der Waals surface area (Å²) in [6, 6.07) is 2.08. The first kappa shape index (κ1) is 20.5. The van der Waals surface area contributed by atoms with Crippen molar-refractivity contribution in [2.24, 2.45) is 0 Å². The van der Waals surface area contributed by atoms with Crippen molar-refractivity contribution in [2.75, 3.05) is 6.54 Å². The van der Waals surface area contributed by atoms with Gasteiger partial charge in [0.2, 0.25) is 0 Å². The lowest BCUT2D eigenvalue weighted by Gasteiger charge is -2.24. The highest BCUT2D eigenvalue weighted by Gasteiger charge is 2.24. The molecule has 5 nitrogen and oxygen atoms in total. The van der Waals surface area contributed by atoms with Crippen LogP contribution in [0, 0.1) is 27.7 Å². The molecule has 0 heterocycles. The van der Waals surface area contributed by atoms with Crippen molar-refractivity contribution in [3.8, 4) is 0 Å². The maximum Gasteiger partial charge on any atom is 0.407 e. The van der Waals surface area contributed by atoms with Gasteiger partial charge in [-0.25, -0.2) is 4.79 Å². The molecule has 0 spiro atoms. The molecule has 0 saturated carbocycles. The first-order valence-electron chi connectivity index (χ1n) is 8.34. The number of carbonyl (C=O) groups is 1. The predicted molar refractivity (Wildman–Crippen MR) is 95.2 cm³/mol. The number of aryl methyl sites for hydroxylation is 2. The quantitative estimate of drug-likeness (QED) is 0.771. The third-order valence-electron chi connectivity index (χ3n) is 4.19. The van der Waals surface area contributed by atoms with Crippen LogP contribution in [0.15, 0.2) is 6.07 Å². The van der Waals surface area contributed by atoms with Gasteiger partial charge < -0.3 is 20.3 Å². The Bertz CT molecular complexity index is 564. The van der Waals surface area contributed by atoms with Crippen LogP contribution in [0.3, 0.4) is 0 Å². The van der Waals surface area contributed by atoms with Crippen LogP contribution in [0.5, 0.6) is 0 Å². The largest absolute Gasteiger partial charge is 0.444 e. The number of nitrogens with one attached hydrogen (secondary N) is 1. The van der Waals surface area contributed by atoms with Crippen molar-refractivity contribution >= 4 is 6.09 Å². The van der Waals surface area contributed by atoms with Crippen LogP contribution < -0.4 is 5.32 Å². The second kappa shape index (κ2) is 7.99. The second-order valence-corrected chi connectivity index (χ2v) is 7.40. The maximum absolute atomic E-state index is 11.6. The summed E-state index contributed by atoms with van der Waals surface area (Å²) in [6.45, 7) is 13.5. The van der Waals surface area contributed by atoms with Crippen molar-refractivity contribution in [3.63, 3.8) is 0 Å². The molecular formula is C19H31NO4. The third-order valence-corrected chi connectivity index (χ3v) is 4.19. The minimum absolute atomic E-state index is 0.232. The molecule has 1 aromatic carbocycles. The molecule has 2 unspecified atom stereocenters. The summed E-state index contributed by atoms with van der Waals surface area (Å²) in [5.74, 6) is 0. The molecule has 24 heavy (non-hydrogen) atoms. The van der Waals surface area contributed by atoms with Crippen molar-refractivity contribution in [1.82, 2.24) is 5.32 Å². The van der Waals surface area contributed by atoms with E-state index in [4.69, 9.17) is 4.74 Å². The van der Waals surface area contributed by atoms with Gasteiger partial charge in [0.25, 0.3) is 0 Å². The van der Waals surface area contributed by atoms with E-state index >= 15 is 0 Å². The highest BCUT2D eigenvalue weighted by molar-refractivity contribution is 5.67. The summed E-state index contributed by atoms with van der Waals surface area (Å²) in [4.78, 5) is 11.6. The molecule has 2 atom stereocenters. The minimum atomic E-state index is -0.982. The Morgan fingerprint density at radius 3 is 2.08 bits per heavy atom. The number of benzene rings is 1. The van der Waals surface area contributed by atoms with Gasteiger partial charge in [-0.15, -0.1) is 0 Å². The lowest BCUT2D eigenvalue weighted by atomic mass is 9.88. The normalized spacial score (nSPS) is 14.2. The molecular weight excluding hydrogens is 306 g/mol. The molecule has 0 aromatic heterocycles. The van der Waals surface area contributed by atoms with Crippen LogP contribution in [0.1, 0.15) is 61.1 Å². The number of alkyl carbamates (subject to hydrolysis) is 1. The van der Waals surface area contributed by atoms with Crippen molar-refractivity contribution in [3.05, 3.63) is 33.9 Å². The molecule has 0 fully saturated rings. The molecule has 0 bridgehead atoms. The standard InChI is InChI=1S/C19H31NO4/c1-11-10-12(2)14(4)16(13(11)3)17(22)15(21)8-9-20-18(23)24-19(5,6)7/h10,15,17,21-22H,8-9H2,1-7H3,(H,20,23). The number of hydrogen-bond acceptors (Lipinski definition) is 4. The topological polar surface area (TPSA) is 78.8 Å². The number of rotatable bonds is 5.